The number of carboxylic acids is 3. The highest BCUT2D eigenvalue weighted by atomic mass is 16.4. The first-order valence-electron chi connectivity index (χ1n) is 10.2. The van der Waals surface area contributed by atoms with Gasteiger partial charge < -0.3 is 42.1 Å². The Bertz CT molecular complexity index is 740. The molecule has 0 saturated heterocycles. The topological polar surface area (TPSA) is 245 Å². The first-order valence-corrected chi connectivity index (χ1v) is 10.2. The van der Waals surface area contributed by atoms with E-state index in [1.165, 1.54) is 0 Å². The van der Waals surface area contributed by atoms with Crippen LogP contribution in [0.1, 0.15) is 46.5 Å². The molecular weight excluding hydrogens is 444 g/mol. The summed E-state index contributed by atoms with van der Waals surface area (Å²) in [5.74, 6) is -7.09. The summed E-state index contributed by atoms with van der Waals surface area (Å²) in [5.41, 5.74) is 5.50. The van der Waals surface area contributed by atoms with E-state index in [1.807, 2.05) is 0 Å². The summed E-state index contributed by atoms with van der Waals surface area (Å²) >= 11 is 0. The number of nitrogens with two attached hydrogens (primary N) is 1. The third-order valence-electron chi connectivity index (χ3n) is 4.40. The first-order chi connectivity index (χ1) is 15.1. The minimum absolute atomic E-state index is 0.0852. The van der Waals surface area contributed by atoms with Crippen LogP contribution in [-0.2, 0) is 28.8 Å². The largest absolute Gasteiger partial charge is 0.481 e. The van der Waals surface area contributed by atoms with Gasteiger partial charge in [-0.3, -0.25) is 24.0 Å². The highest BCUT2D eigenvalue weighted by Crippen LogP contribution is 2.08. The molecule has 0 aliphatic heterocycles. The molecule has 3 amide bonds. The number of carboxylic acid groups (broad SMARTS) is 3. The monoisotopic (exact) mass is 476 g/mol. The maximum Gasteiger partial charge on any atom is 0.326 e. The highest BCUT2D eigenvalue weighted by molar-refractivity contribution is 5.95. The van der Waals surface area contributed by atoms with Crippen molar-refractivity contribution in [1.29, 1.82) is 0 Å². The van der Waals surface area contributed by atoms with Gasteiger partial charge in [0.1, 0.15) is 18.1 Å². The number of aliphatic hydroxyl groups is 1. The van der Waals surface area contributed by atoms with Crippen LogP contribution < -0.4 is 21.7 Å². The normalized spacial score (nSPS) is 15.5. The zero-order valence-corrected chi connectivity index (χ0v) is 18.6. The molecule has 0 fully saturated rings. The maximum absolute atomic E-state index is 12.7. The van der Waals surface area contributed by atoms with Crippen molar-refractivity contribution in [3.8, 4) is 0 Å². The number of aliphatic carboxylic acids is 3. The van der Waals surface area contributed by atoms with Gasteiger partial charge in [0.25, 0.3) is 0 Å². The summed E-state index contributed by atoms with van der Waals surface area (Å²) in [6.07, 6.45) is -3.03. The van der Waals surface area contributed by atoms with Crippen LogP contribution in [0.2, 0.25) is 0 Å². The molecule has 0 rings (SSSR count). The van der Waals surface area contributed by atoms with Gasteiger partial charge >= 0.3 is 17.9 Å². The molecule has 14 nitrogen and oxygen atoms in total. The van der Waals surface area contributed by atoms with E-state index in [-0.39, 0.29) is 12.3 Å². The Balaban J connectivity index is 5.43. The van der Waals surface area contributed by atoms with Crippen molar-refractivity contribution in [2.24, 2.45) is 11.7 Å². The number of carbonyl (C=O) groups is 6. The van der Waals surface area contributed by atoms with E-state index in [0.29, 0.717) is 0 Å². The number of amides is 3. The van der Waals surface area contributed by atoms with E-state index in [9.17, 15) is 39.0 Å². The van der Waals surface area contributed by atoms with Gasteiger partial charge in [-0.25, -0.2) is 4.79 Å². The predicted molar refractivity (Wildman–Crippen MR) is 112 cm³/mol. The average Bonchev–Trinajstić information content (AvgIpc) is 2.66. The lowest BCUT2D eigenvalue weighted by Crippen LogP contribution is -2.60. The molecule has 9 N–H and O–H groups in total. The third-order valence-corrected chi connectivity index (χ3v) is 4.40. The van der Waals surface area contributed by atoms with Crippen molar-refractivity contribution < 1.29 is 49.2 Å². The molecule has 188 valence electrons. The number of aliphatic hydroxyl groups excluding tert-OH is 1. The van der Waals surface area contributed by atoms with Crippen LogP contribution in [0.5, 0.6) is 0 Å². The van der Waals surface area contributed by atoms with Crippen LogP contribution in [0, 0.1) is 5.92 Å². The van der Waals surface area contributed by atoms with E-state index in [2.05, 4.69) is 16.0 Å². The Kier molecular flexibility index (Phi) is 12.6. The minimum atomic E-state index is -1.62. The molecule has 0 saturated carbocycles. The Labute approximate surface area is 189 Å². The van der Waals surface area contributed by atoms with E-state index in [0.717, 1.165) is 6.92 Å². The fourth-order valence-electron chi connectivity index (χ4n) is 2.71. The summed E-state index contributed by atoms with van der Waals surface area (Å²) < 4.78 is 0. The van der Waals surface area contributed by atoms with E-state index >= 15 is 0 Å². The van der Waals surface area contributed by atoms with Gasteiger partial charge in [0.15, 0.2) is 0 Å². The molecule has 0 aromatic heterocycles. The SMILES string of the molecule is CC(C)CC(NC(=O)C(N)CC(=O)O)C(=O)NC(C(=O)NC(CCC(=O)O)C(=O)O)C(C)O. The Morgan fingerprint density at radius 1 is 0.788 bits per heavy atom. The molecule has 0 radical (unpaired) electrons. The summed E-state index contributed by atoms with van der Waals surface area (Å²) in [6.45, 7) is 4.64. The van der Waals surface area contributed by atoms with Crippen LogP contribution >= 0.6 is 0 Å². The average molecular weight is 476 g/mol. The summed E-state index contributed by atoms with van der Waals surface area (Å²) in [4.78, 5) is 70.1. The third kappa shape index (κ3) is 11.8. The van der Waals surface area contributed by atoms with Crippen molar-refractivity contribution in [3.05, 3.63) is 0 Å². The standard InChI is InChI=1S/C19H32N4O10/c1-8(2)6-12(22-16(29)10(20)7-14(27)28)17(30)23-15(9(3)24)18(31)21-11(19(32)33)4-5-13(25)26/h8-12,15,24H,4-7,20H2,1-3H3,(H,21,31)(H,22,29)(H,23,30)(H,25,26)(H,27,28)(H,32,33). The van der Waals surface area contributed by atoms with Crippen LogP contribution in [0.15, 0.2) is 0 Å². The van der Waals surface area contributed by atoms with Crippen molar-refractivity contribution in [2.75, 3.05) is 0 Å². The van der Waals surface area contributed by atoms with Crippen molar-refractivity contribution in [2.45, 2.75) is 76.7 Å². The molecule has 0 bridgehead atoms. The Morgan fingerprint density at radius 2 is 1.33 bits per heavy atom. The van der Waals surface area contributed by atoms with Gasteiger partial charge in [-0.05, 0) is 25.7 Å². The van der Waals surface area contributed by atoms with Crippen LogP contribution in [0.4, 0.5) is 0 Å². The van der Waals surface area contributed by atoms with Gasteiger partial charge in [0.05, 0.1) is 18.6 Å². The number of rotatable bonds is 15. The molecule has 0 aliphatic rings. The maximum atomic E-state index is 12.7. The molecule has 0 spiro atoms. The second-order valence-corrected chi connectivity index (χ2v) is 7.95. The first kappa shape index (κ1) is 29.7. The summed E-state index contributed by atoms with van der Waals surface area (Å²) in [5, 5.41) is 43.2. The number of nitrogens with one attached hydrogen (secondary N) is 3. The quantitative estimate of drug-likeness (QED) is 0.124. The lowest BCUT2D eigenvalue weighted by Gasteiger charge is -2.27. The molecule has 5 unspecified atom stereocenters. The number of carbonyl (C=O) groups excluding carboxylic acids is 3. The van der Waals surface area contributed by atoms with Crippen LogP contribution in [-0.4, -0.2) is 86.3 Å². The lowest BCUT2D eigenvalue weighted by molar-refractivity contribution is -0.144. The highest BCUT2D eigenvalue weighted by Gasteiger charge is 2.33. The second kappa shape index (κ2) is 14.0. The molecule has 0 aromatic rings. The zero-order valence-electron chi connectivity index (χ0n) is 18.6. The van der Waals surface area contributed by atoms with Crippen molar-refractivity contribution in [3.63, 3.8) is 0 Å². The van der Waals surface area contributed by atoms with Crippen LogP contribution in [0.3, 0.4) is 0 Å². The number of hydrogen-bond donors (Lipinski definition) is 8. The van der Waals surface area contributed by atoms with Crippen LogP contribution in [0.25, 0.3) is 0 Å². The molecule has 0 aliphatic carbocycles. The molecule has 5 atom stereocenters. The fraction of sp³-hybridized carbons (Fsp3) is 0.684. The van der Waals surface area contributed by atoms with Gasteiger partial charge in [-0.2, -0.15) is 0 Å². The second-order valence-electron chi connectivity index (χ2n) is 7.95. The molecular formula is C19H32N4O10. The van der Waals surface area contributed by atoms with Crippen molar-refractivity contribution >= 4 is 35.6 Å². The van der Waals surface area contributed by atoms with Gasteiger partial charge in [0, 0.05) is 6.42 Å². The molecule has 0 heterocycles. The lowest BCUT2D eigenvalue weighted by atomic mass is 10.0. The number of hydrogen-bond acceptors (Lipinski definition) is 8. The van der Waals surface area contributed by atoms with Gasteiger partial charge in [-0.1, -0.05) is 13.8 Å². The molecule has 0 aromatic carbocycles. The zero-order chi connectivity index (χ0) is 25.9. The van der Waals surface area contributed by atoms with E-state index in [4.69, 9.17) is 15.9 Å². The minimum Gasteiger partial charge on any atom is -0.481 e. The van der Waals surface area contributed by atoms with Gasteiger partial charge in [0.2, 0.25) is 17.7 Å². The summed E-state index contributed by atoms with van der Waals surface area (Å²) in [6, 6.07) is -5.85. The molecule has 33 heavy (non-hydrogen) atoms. The Morgan fingerprint density at radius 3 is 1.76 bits per heavy atom. The summed E-state index contributed by atoms with van der Waals surface area (Å²) in [7, 11) is 0. The van der Waals surface area contributed by atoms with Gasteiger partial charge in [-0.15, -0.1) is 0 Å². The smallest absolute Gasteiger partial charge is 0.326 e. The predicted octanol–water partition coefficient (Wildman–Crippen LogP) is -2.38. The van der Waals surface area contributed by atoms with Crippen molar-refractivity contribution in [1.82, 2.24) is 16.0 Å². The Hall–Kier alpha value is -3.26. The fourth-order valence-corrected chi connectivity index (χ4v) is 2.71. The molecule has 14 heteroatoms. The van der Waals surface area contributed by atoms with E-state index in [1.54, 1.807) is 13.8 Å². The van der Waals surface area contributed by atoms with E-state index < -0.39 is 85.2 Å².